The van der Waals surface area contributed by atoms with Gasteiger partial charge in [0.1, 0.15) is 0 Å². The van der Waals surface area contributed by atoms with Gasteiger partial charge in [-0.15, -0.1) is 0 Å². The van der Waals surface area contributed by atoms with Crippen molar-refractivity contribution < 1.29 is 0 Å². The maximum Gasteiger partial charge on any atom is 0.0780 e. The normalized spacial score (nSPS) is 13.2. The van der Waals surface area contributed by atoms with Gasteiger partial charge in [-0.2, -0.15) is 0 Å². The van der Waals surface area contributed by atoms with Crippen molar-refractivity contribution in [3.63, 3.8) is 0 Å². The second-order valence-corrected chi connectivity index (χ2v) is 13.9. The Kier molecular flexibility index (Phi) is 6.20. The molecular formula is C50H32N2. The molecule has 0 atom stereocenters. The van der Waals surface area contributed by atoms with Gasteiger partial charge in [0.2, 0.25) is 0 Å². The molecule has 0 fully saturated rings. The monoisotopic (exact) mass is 660 g/mol. The third kappa shape index (κ3) is 3.98. The fourth-order valence-corrected chi connectivity index (χ4v) is 9.20. The van der Waals surface area contributed by atoms with E-state index in [4.69, 9.17) is 4.98 Å². The fourth-order valence-electron chi connectivity index (χ4n) is 9.20. The van der Waals surface area contributed by atoms with Crippen LogP contribution in [0.25, 0.3) is 54.3 Å². The number of hydrogen-bond donors (Lipinski definition) is 0. The van der Waals surface area contributed by atoms with E-state index in [2.05, 4.69) is 187 Å². The van der Waals surface area contributed by atoms with Gasteiger partial charge in [0.25, 0.3) is 0 Å². The quantitative estimate of drug-likeness (QED) is 0.135. The van der Waals surface area contributed by atoms with Crippen molar-refractivity contribution in [2.24, 2.45) is 0 Å². The lowest BCUT2D eigenvalue weighted by Crippen LogP contribution is -2.29. The molecule has 0 unspecified atom stereocenters. The van der Waals surface area contributed by atoms with Crippen molar-refractivity contribution >= 4 is 60.3 Å². The molecule has 242 valence electrons. The molecule has 11 rings (SSSR count). The van der Waals surface area contributed by atoms with Crippen LogP contribution in [-0.4, -0.2) is 4.98 Å². The Morgan fingerprint density at radius 2 is 0.942 bits per heavy atom. The first-order valence-corrected chi connectivity index (χ1v) is 18.0. The number of benzene rings is 9. The number of pyridine rings is 1. The third-order valence-corrected chi connectivity index (χ3v) is 11.3. The van der Waals surface area contributed by atoms with Crippen LogP contribution in [0.2, 0.25) is 0 Å². The minimum atomic E-state index is -0.543. The predicted molar refractivity (Wildman–Crippen MR) is 217 cm³/mol. The van der Waals surface area contributed by atoms with Gasteiger partial charge in [-0.05, 0) is 109 Å². The lowest BCUT2D eigenvalue weighted by Gasteiger charge is -2.36. The Morgan fingerprint density at radius 1 is 0.385 bits per heavy atom. The summed E-state index contributed by atoms with van der Waals surface area (Å²) in [6, 6.07) is 69.1. The van der Waals surface area contributed by atoms with Crippen molar-refractivity contribution in [1.29, 1.82) is 0 Å². The zero-order valence-electron chi connectivity index (χ0n) is 28.4. The highest BCUT2D eigenvalue weighted by molar-refractivity contribution is 6.29. The van der Waals surface area contributed by atoms with Crippen LogP contribution < -0.4 is 4.90 Å². The fraction of sp³-hybridized carbons (Fsp3) is 0.0200. The first-order chi connectivity index (χ1) is 25.8. The molecule has 1 heterocycles. The summed E-state index contributed by atoms with van der Waals surface area (Å²) in [7, 11) is 0. The van der Waals surface area contributed by atoms with Gasteiger partial charge in [0, 0.05) is 34.0 Å². The maximum absolute atomic E-state index is 4.87. The lowest BCUT2D eigenvalue weighted by atomic mass is 9.66. The Balaban J connectivity index is 1.21. The third-order valence-electron chi connectivity index (χ3n) is 11.3. The topological polar surface area (TPSA) is 16.1 Å². The molecule has 0 N–H and O–H groups in total. The van der Waals surface area contributed by atoms with E-state index in [1.807, 2.05) is 12.3 Å². The first kappa shape index (κ1) is 29.0. The summed E-state index contributed by atoms with van der Waals surface area (Å²) in [5.41, 5.74) is 11.6. The van der Waals surface area contributed by atoms with Gasteiger partial charge in [-0.25, -0.2) is 0 Å². The number of rotatable bonds is 5. The molecule has 0 amide bonds. The number of fused-ring (bicyclic) bond motifs is 5. The lowest BCUT2D eigenvalue weighted by molar-refractivity contribution is 0.777. The van der Waals surface area contributed by atoms with Gasteiger partial charge in [0.05, 0.1) is 10.9 Å². The minimum Gasteiger partial charge on any atom is -0.311 e. The molecule has 10 aromatic rings. The van der Waals surface area contributed by atoms with Crippen LogP contribution >= 0.6 is 0 Å². The molecule has 1 aliphatic rings. The summed E-state index contributed by atoms with van der Waals surface area (Å²) in [5, 5.41) is 8.74. The molecule has 2 heteroatoms. The second kappa shape index (κ2) is 11.1. The van der Waals surface area contributed by atoms with Gasteiger partial charge in [-0.1, -0.05) is 140 Å². The molecule has 0 spiro atoms. The molecule has 0 radical (unpaired) electrons. The summed E-state index contributed by atoms with van der Waals surface area (Å²) in [6.45, 7) is 0. The van der Waals surface area contributed by atoms with E-state index in [9.17, 15) is 0 Å². The van der Waals surface area contributed by atoms with Crippen LogP contribution in [-0.2, 0) is 5.41 Å². The SMILES string of the molecule is c1ccc(N(c2ccccc2)c2ccc(C3(c4ccc5ccc6cc7cccnc7c7ccc4c5c67)c4ccccc4-c4ccccc43)cc2)cc1. The molecule has 0 bridgehead atoms. The predicted octanol–water partition coefficient (Wildman–Crippen LogP) is 13.0. The smallest absolute Gasteiger partial charge is 0.0780 e. The second-order valence-electron chi connectivity index (χ2n) is 13.9. The molecule has 9 aromatic carbocycles. The number of aromatic nitrogens is 1. The molecule has 0 aliphatic heterocycles. The summed E-state index contributed by atoms with van der Waals surface area (Å²) in [6.07, 6.45) is 1.91. The van der Waals surface area contributed by atoms with Crippen molar-refractivity contribution in [3.05, 3.63) is 217 Å². The molecule has 0 saturated heterocycles. The number of nitrogens with zero attached hydrogens (tertiary/aromatic N) is 2. The van der Waals surface area contributed by atoms with Crippen LogP contribution in [0.5, 0.6) is 0 Å². The number of para-hydroxylation sites is 2. The van der Waals surface area contributed by atoms with Crippen LogP contribution in [0, 0.1) is 0 Å². The van der Waals surface area contributed by atoms with E-state index in [1.54, 1.807) is 0 Å². The average molecular weight is 661 g/mol. The Hall–Kier alpha value is -6.77. The van der Waals surface area contributed by atoms with E-state index >= 15 is 0 Å². The van der Waals surface area contributed by atoms with Gasteiger partial charge >= 0.3 is 0 Å². The van der Waals surface area contributed by atoms with Crippen LogP contribution in [0.4, 0.5) is 17.1 Å². The highest BCUT2D eigenvalue weighted by Crippen LogP contribution is 2.58. The van der Waals surface area contributed by atoms with E-state index in [-0.39, 0.29) is 0 Å². The highest BCUT2D eigenvalue weighted by atomic mass is 15.1. The summed E-state index contributed by atoms with van der Waals surface area (Å²) in [5.74, 6) is 0. The zero-order valence-corrected chi connectivity index (χ0v) is 28.4. The largest absolute Gasteiger partial charge is 0.311 e. The molecule has 0 saturated carbocycles. The maximum atomic E-state index is 4.87. The van der Waals surface area contributed by atoms with Crippen LogP contribution in [0.3, 0.4) is 0 Å². The van der Waals surface area contributed by atoms with Gasteiger partial charge in [0.15, 0.2) is 0 Å². The Morgan fingerprint density at radius 3 is 1.63 bits per heavy atom. The number of hydrogen-bond acceptors (Lipinski definition) is 2. The van der Waals surface area contributed by atoms with E-state index in [0.717, 1.165) is 22.6 Å². The first-order valence-electron chi connectivity index (χ1n) is 18.0. The van der Waals surface area contributed by atoms with Crippen molar-refractivity contribution in [2.45, 2.75) is 5.41 Å². The zero-order chi connectivity index (χ0) is 34.2. The van der Waals surface area contributed by atoms with Gasteiger partial charge in [-0.3, -0.25) is 4.98 Å². The van der Waals surface area contributed by atoms with Crippen molar-refractivity contribution in [1.82, 2.24) is 4.98 Å². The van der Waals surface area contributed by atoms with E-state index in [0.29, 0.717) is 0 Å². The van der Waals surface area contributed by atoms with Gasteiger partial charge < -0.3 is 4.90 Å². The van der Waals surface area contributed by atoms with Crippen LogP contribution in [0.1, 0.15) is 22.3 Å². The highest BCUT2D eigenvalue weighted by Gasteiger charge is 2.47. The van der Waals surface area contributed by atoms with E-state index < -0.39 is 5.41 Å². The summed E-state index contributed by atoms with van der Waals surface area (Å²) in [4.78, 5) is 7.20. The molecule has 2 nitrogen and oxygen atoms in total. The minimum absolute atomic E-state index is 0.543. The molecule has 52 heavy (non-hydrogen) atoms. The summed E-state index contributed by atoms with van der Waals surface area (Å²) < 4.78 is 0. The Bertz CT molecular complexity index is 2860. The standard InChI is InChI=1S/C50H32N2/c1-3-13-37(14-4-1)52(38-15-5-2-6-16-38)39-26-24-36(25-27-39)50(44-19-9-7-17-40(44)41-18-8-10-20-45(41)50)46-30-23-33-21-22-34-32-35-12-11-31-51-49(35)43-29-28-42(46)47(33)48(34)43/h1-32H. The van der Waals surface area contributed by atoms with Crippen molar-refractivity contribution in [2.75, 3.05) is 4.90 Å². The van der Waals surface area contributed by atoms with Crippen molar-refractivity contribution in [3.8, 4) is 11.1 Å². The average Bonchev–Trinajstić information content (AvgIpc) is 3.52. The van der Waals surface area contributed by atoms with Crippen LogP contribution in [0.15, 0.2) is 194 Å². The Labute approximate surface area is 302 Å². The molecule has 1 aliphatic carbocycles. The molecular weight excluding hydrogens is 629 g/mol. The van der Waals surface area contributed by atoms with E-state index in [1.165, 1.54) is 71.1 Å². The molecule has 1 aromatic heterocycles. The summed E-state index contributed by atoms with van der Waals surface area (Å²) >= 11 is 0. The number of anilines is 3.